The van der Waals surface area contributed by atoms with Gasteiger partial charge in [0.05, 0.1) is 31.0 Å². The molecule has 0 spiro atoms. The molecule has 31 heavy (non-hydrogen) atoms. The van der Waals surface area contributed by atoms with Crippen LogP contribution in [0.1, 0.15) is 58.0 Å². The molecular weight excluding hydrogens is 398 g/mol. The molecule has 0 bridgehead atoms. The number of carbonyl (C=O) groups excluding carboxylic acids is 3. The van der Waals surface area contributed by atoms with Crippen LogP contribution in [0.25, 0.3) is 0 Å². The van der Waals surface area contributed by atoms with Gasteiger partial charge in [0.2, 0.25) is 0 Å². The predicted octanol–water partition coefficient (Wildman–Crippen LogP) is 3.93. The number of rotatable bonds is 7. The van der Waals surface area contributed by atoms with E-state index in [1.807, 2.05) is 19.1 Å². The fourth-order valence-corrected chi connectivity index (χ4v) is 3.66. The Bertz CT molecular complexity index is 984. The van der Waals surface area contributed by atoms with Gasteiger partial charge < -0.3 is 19.5 Å². The van der Waals surface area contributed by atoms with Crippen molar-refractivity contribution in [2.24, 2.45) is 0 Å². The number of anilines is 1. The van der Waals surface area contributed by atoms with E-state index in [0.29, 0.717) is 12.2 Å². The Balaban J connectivity index is 1.81. The first-order valence-corrected chi connectivity index (χ1v) is 10.4. The average Bonchev–Trinajstić information content (AvgIpc) is 2.81. The molecule has 1 aliphatic rings. The van der Waals surface area contributed by atoms with Crippen LogP contribution in [0.2, 0.25) is 0 Å². The minimum atomic E-state index is -0.770. The third-order valence-electron chi connectivity index (χ3n) is 5.37. The molecule has 2 aromatic carbocycles. The van der Waals surface area contributed by atoms with Gasteiger partial charge in [0.15, 0.2) is 6.10 Å². The number of ether oxygens (including phenoxy) is 3. The maximum Gasteiger partial charge on any atom is 0.339 e. The molecular formula is C24H27NO6. The highest BCUT2D eigenvalue weighted by Crippen LogP contribution is 2.27. The summed E-state index contributed by atoms with van der Waals surface area (Å²) in [5.41, 5.74) is 3.09. The first-order chi connectivity index (χ1) is 15.0. The highest BCUT2D eigenvalue weighted by Gasteiger charge is 2.23. The Morgan fingerprint density at radius 3 is 2.32 bits per heavy atom. The summed E-state index contributed by atoms with van der Waals surface area (Å²) >= 11 is 0. The largest absolute Gasteiger partial charge is 0.481 e. The lowest BCUT2D eigenvalue weighted by atomic mass is 9.92. The fraction of sp³-hybridized carbons (Fsp3) is 0.375. The van der Waals surface area contributed by atoms with Crippen molar-refractivity contribution < 1.29 is 28.6 Å². The maximum atomic E-state index is 12.9. The SMILES string of the molecule is CC[C@@H](Oc1ccc2c(c1)CCCC2)C(=O)Nc1cc(C(=O)OC)ccc1C(=O)OC. The Kier molecular flexibility index (Phi) is 7.28. The third-order valence-corrected chi connectivity index (χ3v) is 5.37. The first kappa shape index (κ1) is 22.3. The van der Waals surface area contributed by atoms with E-state index >= 15 is 0 Å². The molecule has 164 valence electrons. The molecule has 1 atom stereocenters. The zero-order valence-corrected chi connectivity index (χ0v) is 18.0. The summed E-state index contributed by atoms with van der Waals surface area (Å²) in [4.78, 5) is 36.9. The van der Waals surface area contributed by atoms with E-state index in [1.165, 1.54) is 50.0 Å². The standard InChI is InChI=1S/C24H27NO6/c1-4-21(31-18-11-9-15-7-5-6-8-16(15)13-18)22(26)25-20-14-17(23(27)29-2)10-12-19(20)24(28)30-3/h9-14,21H,4-8H2,1-3H3,(H,25,26)/t21-/m1/s1. The molecule has 1 amide bonds. The zero-order chi connectivity index (χ0) is 22.4. The summed E-state index contributed by atoms with van der Waals surface area (Å²) in [7, 11) is 2.50. The highest BCUT2D eigenvalue weighted by atomic mass is 16.5. The van der Waals surface area contributed by atoms with Crippen LogP contribution in [0.15, 0.2) is 36.4 Å². The van der Waals surface area contributed by atoms with Crippen LogP contribution in [-0.4, -0.2) is 38.2 Å². The number of aryl methyl sites for hydroxylation is 2. The van der Waals surface area contributed by atoms with E-state index < -0.39 is 23.9 Å². The van der Waals surface area contributed by atoms with Crippen LogP contribution in [-0.2, 0) is 27.1 Å². The van der Waals surface area contributed by atoms with Gasteiger partial charge in [-0.1, -0.05) is 13.0 Å². The molecule has 0 radical (unpaired) electrons. The van der Waals surface area contributed by atoms with Crippen LogP contribution in [0, 0.1) is 0 Å². The normalized spacial score (nSPS) is 13.5. The van der Waals surface area contributed by atoms with Gasteiger partial charge in [0, 0.05) is 0 Å². The van der Waals surface area contributed by atoms with Gasteiger partial charge in [-0.3, -0.25) is 4.79 Å². The second kappa shape index (κ2) is 10.1. The van der Waals surface area contributed by atoms with E-state index in [1.54, 1.807) is 0 Å². The number of nitrogens with one attached hydrogen (secondary N) is 1. The van der Waals surface area contributed by atoms with Gasteiger partial charge >= 0.3 is 11.9 Å². The first-order valence-electron chi connectivity index (χ1n) is 10.4. The van der Waals surface area contributed by atoms with Gasteiger partial charge in [-0.15, -0.1) is 0 Å². The quantitative estimate of drug-likeness (QED) is 0.676. The van der Waals surface area contributed by atoms with E-state index in [9.17, 15) is 14.4 Å². The van der Waals surface area contributed by atoms with Crippen LogP contribution >= 0.6 is 0 Å². The van der Waals surface area contributed by atoms with Crippen LogP contribution in [0.4, 0.5) is 5.69 Å². The summed E-state index contributed by atoms with van der Waals surface area (Å²) in [5, 5.41) is 2.71. The second-order valence-electron chi connectivity index (χ2n) is 7.39. The van der Waals surface area contributed by atoms with Crippen LogP contribution in [0.5, 0.6) is 5.75 Å². The third kappa shape index (κ3) is 5.23. The zero-order valence-electron chi connectivity index (χ0n) is 18.0. The van der Waals surface area contributed by atoms with Crippen LogP contribution in [0.3, 0.4) is 0 Å². The molecule has 2 aromatic rings. The molecule has 0 aliphatic heterocycles. The number of benzene rings is 2. The minimum absolute atomic E-state index is 0.132. The number of hydrogen-bond donors (Lipinski definition) is 1. The van der Waals surface area contributed by atoms with Crippen molar-refractivity contribution in [3.8, 4) is 5.75 Å². The second-order valence-corrected chi connectivity index (χ2v) is 7.39. The number of esters is 2. The summed E-state index contributed by atoms with van der Waals surface area (Å²) in [6.07, 6.45) is 4.08. The number of hydrogen-bond acceptors (Lipinski definition) is 6. The molecule has 0 unspecified atom stereocenters. The highest BCUT2D eigenvalue weighted by molar-refractivity contribution is 6.04. The summed E-state index contributed by atoms with van der Waals surface area (Å²) < 4.78 is 15.5. The summed E-state index contributed by atoms with van der Waals surface area (Å²) in [6.45, 7) is 1.84. The topological polar surface area (TPSA) is 90.9 Å². The molecule has 0 heterocycles. The molecule has 0 saturated carbocycles. The maximum absolute atomic E-state index is 12.9. The van der Waals surface area contributed by atoms with E-state index in [2.05, 4.69) is 11.4 Å². The molecule has 1 aliphatic carbocycles. The van der Waals surface area contributed by atoms with Crippen molar-refractivity contribution in [2.45, 2.75) is 45.1 Å². The minimum Gasteiger partial charge on any atom is -0.481 e. The molecule has 7 nitrogen and oxygen atoms in total. The lowest BCUT2D eigenvalue weighted by Gasteiger charge is -2.21. The van der Waals surface area contributed by atoms with Gasteiger partial charge in [-0.25, -0.2) is 9.59 Å². The predicted molar refractivity (Wildman–Crippen MR) is 116 cm³/mol. The number of fused-ring (bicyclic) bond motifs is 1. The van der Waals surface area contributed by atoms with Gasteiger partial charge in [-0.05, 0) is 73.6 Å². The molecule has 0 fully saturated rings. The van der Waals surface area contributed by atoms with Crippen molar-refractivity contribution in [3.63, 3.8) is 0 Å². The fourth-order valence-electron chi connectivity index (χ4n) is 3.66. The number of methoxy groups -OCH3 is 2. The smallest absolute Gasteiger partial charge is 0.339 e. The molecule has 3 rings (SSSR count). The Morgan fingerprint density at radius 2 is 1.65 bits per heavy atom. The van der Waals surface area contributed by atoms with E-state index in [-0.39, 0.29) is 16.8 Å². The van der Waals surface area contributed by atoms with Crippen LogP contribution < -0.4 is 10.1 Å². The molecule has 7 heteroatoms. The monoisotopic (exact) mass is 425 g/mol. The van der Waals surface area contributed by atoms with Gasteiger partial charge in [0.25, 0.3) is 5.91 Å². The lowest BCUT2D eigenvalue weighted by molar-refractivity contribution is -0.122. The van der Waals surface area contributed by atoms with Crippen molar-refractivity contribution in [2.75, 3.05) is 19.5 Å². The molecule has 0 aromatic heterocycles. The molecule has 1 N–H and O–H groups in total. The van der Waals surface area contributed by atoms with Crippen molar-refractivity contribution in [1.29, 1.82) is 0 Å². The van der Waals surface area contributed by atoms with Gasteiger partial charge in [-0.2, -0.15) is 0 Å². The Hall–Kier alpha value is -3.35. The average molecular weight is 425 g/mol. The van der Waals surface area contributed by atoms with Crippen molar-refractivity contribution in [1.82, 2.24) is 0 Å². The van der Waals surface area contributed by atoms with E-state index in [0.717, 1.165) is 19.3 Å². The van der Waals surface area contributed by atoms with E-state index in [4.69, 9.17) is 14.2 Å². The Morgan fingerprint density at radius 1 is 0.935 bits per heavy atom. The number of carbonyl (C=O) groups is 3. The summed E-state index contributed by atoms with van der Waals surface area (Å²) in [6, 6.07) is 10.2. The number of amides is 1. The van der Waals surface area contributed by atoms with Gasteiger partial charge in [0.1, 0.15) is 5.75 Å². The lowest BCUT2D eigenvalue weighted by Crippen LogP contribution is -2.33. The Labute approximate surface area is 181 Å². The van der Waals surface area contributed by atoms with Crippen molar-refractivity contribution >= 4 is 23.5 Å². The molecule has 0 saturated heterocycles. The summed E-state index contributed by atoms with van der Waals surface area (Å²) in [5.74, 6) is -0.994. The van der Waals surface area contributed by atoms with Crippen molar-refractivity contribution in [3.05, 3.63) is 58.7 Å².